The Bertz CT molecular complexity index is 563. The summed E-state index contributed by atoms with van der Waals surface area (Å²) in [6.07, 6.45) is 0. The molecule has 4 N–H and O–H groups in total. The Morgan fingerprint density at radius 1 is 1.53 bits per heavy atom. The molecule has 0 aliphatic carbocycles. The van der Waals surface area contributed by atoms with E-state index < -0.39 is 16.0 Å². The first-order chi connectivity index (χ1) is 8.85. The Morgan fingerprint density at radius 2 is 2.21 bits per heavy atom. The molecule has 0 saturated carbocycles. The SMILES string of the molecule is COCCNS(=O)(=O)Nc1ccc(F)c(C(N)=S)c1. The summed E-state index contributed by atoms with van der Waals surface area (Å²) in [5, 5.41) is 0. The molecule has 0 unspecified atom stereocenters. The van der Waals surface area contributed by atoms with E-state index in [1.54, 1.807) is 0 Å². The first-order valence-corrected chi connectivity index (χ1v) is 7.10. The minimum Gasteiger partial charge on any atom is -0.389 e. The molecule has 1 rings (SSSR count). The second-order valence-electron chi connectivity index (χ2n) is 3.55. The average molecular weight is 307 g/mol. The van der Waals surface area contributed by atoms with Crippen LogP contribution in [0.25, 0.3) is 0 Å². The molecule has 0 heterocycles. The maximum absolute atomic E-state index is 13.3. The van der Waals surface area contributed by atoms with Crippen LogP contribution in [-0.2, 0) is 14.9 Å². The third-order valence-electron chi connectivity index (χ3n) is 2.08. The van der Waals surface area contributed by atoms with Gasteiger partial charge in [-0.25, -0.2) is 4.39 Å². The third-order valence-corrected chi connectivity index (χ3v) is 3.39. The van der Waals surface area contributed by atoms with Crippen molar-refractivity contribution in [2.24, 2.45) is 5.73 Å². The molecule has 6 nitrogen and oxygen atoms in total. The quantitative estimate of drug-likeness (QED) is 0.499. The van der Waals surface area contributed by atoms with E-state index in [1.165, 1.54) is 19.2 Å². The minimum atomic E-state index is -3.75. The summed E-state index contributed by atoms with van der Waals surface area (Å²) in [7, 11) is -2.29. The van der Waals surface area contributed by atoms with E-state index in [4.69, 9.17) is 10.5 Å². The lowest BCUT2D eigenvalue weighted by atomic mass is 10.2. The lowest BCUT2D eigenvalue weighted by molar-refractivity contribution is 0.204. The molecule has 0 aliphatic rings. The van der Waals surface area contributed by atoms with Crippen LogP contribution in [0.5, 0.6) is 0 Å². The summed E-state index contributed by atoms with van der Waals surface area (Å²) in [6, 6.07) is 3.58. The van der Waals surface area contributed by atoms with E-state index in [-0.39, 0.29) is 29.4 Å². The van der Waals surface area contributed by atoms with Crippen molar-refractivity contribution >= 4 is 33.1 Å². The highest BCUT2D eigenvalue weighted by atomic mass is 32.2. The number of hydrogen-bond donors (Lipinski definition) is 3. The highest BCUT2D eigenvalue weighted by Crippen LogP contribution is 2.15. The summed E-state index contributed by atoms with van der Waals surface area (Å²) >= 11 is 4.66. The van der Waals surface area contributed by atoms with Gasteiger partial charge in [0.05, 0.1) is 12.3 Å². The fraction of sp³-hybridized carbons (Fsp3) is 0.300. The number of methoxy groups -OCH3 is 1. The number of anilines is 1. The Labute approximate surface area is 116 Å². The zero-order valence-electron chi connectivity index (χ0n) is 10.1. The fourth-order valence-electron chi connectivity index (χ4n) is 1.25. The molecule has 1 aromatic carbocycles. The van der Waals surface area contributed by atoms with Crippen LogP contribution in [0.15, 0.2) is 18.2 Å². The normalized spacial score (nSPS) is 11.3. The van der Waals surface area contributed by atoms with Crippen molar-refractivity contribution in [3.8, 4) is 0 Å². The molecule has 0 fully saturated rings. The molecule has 106 valence electrons. The van der Waals surface area contributed by atoms with E-state index in [0.717, 1.165) is 6.07 Å². The van der Waals surface area contributed by atoms with Gasteiger partial charge in [0.15, 0.2) is 0 Å². The molecule has 0 atom stereocenters. The lowest BCUT2D eigenvalue weighted by Gasteiger charge is -2.10. The number of ether oxygens (including phenoxy) is 1. The Hall–Kier alpha value is -1.29. The van der Waals surface area contributed by atoms with Crippen molar-refractivity contribution in [3.63, 3.8) is 0 Å². The van der Waals surface area contributed by atoms with Crippen molar-refractivity contribution in [1.29, 1.82) is 0 Å². The van der Waals surface area contributed by atoms with E-state index >= 15 is 0 Å². The third kappa shape index (κ3) is 5.07. The predicted molar refractivity (Wildman–Crippen MR) is 74.7 cm³/mol. The maximum atomic E-state index is 13.3. The monoisotopic (exact) mass is 307 g/mol. The summed E-state index contributed by atoms with van der Waals surface area (Å²) < 4.78 is 45.7. The molecule has 0 bridgehead atoms. The van der Waals surface area contributed by atoms with E-state index in [1.807, 2.05) is 0 Å². The number of rotatable bonds is 7. The van der Waals surface area contributed by atoms with Crippen molar-refractivity contribution < 1.29 is 17.5 Å². The van der Waals surface area contributed by atoms with Gasteiger partial charge in [0.2, 0.25) is 0 Å². The number of hydrogen-bond acceptors (Lipinski definition) is 4. The van der Waals surface area contributed by atoms with E-state index in [2.05, 4.69) is 21.7 Å². The van der Waals surface area contributed by atoms with Crippen LogP contribution in [0.3, 0.4) is 0 Å². The van der Waals surface area contributed by atoms with Crippen LogP contribution >= 0.6 is 12.2 Å². The highest BCUT2D eigenvalue weighted by molar-refractivity contribution is 7.90. The van der Waals surface area contributed by atoms with Crippen molar-refractivity contribution in [1.82, 2.24) is 4.72 Å². The standard InChI is InChI=1S/C10H14FN3O3S2/c1-17-5-4-13-19(15,16)14-7-2-3-9(11)8(6-7)10(12)18/h2-3,6,13-14H,4-5H2,1H3,(H2,12,18). The number of halogens is 1. The molecule has 9 heteroatoms. The topological polar surface area (TPSA) is 93.4 Å². The van der Waals surface area contributed by atoms with Crippen molar-refractivity contribution in [2.45, 2.75) is 0 Å². The van der Waals surface area contributed by atoms with Gasteiger partial charge in [-0.3, -0.25) is 4.72 Å². The van der Waals surface area contributed by atoms with Gasteiger partial charge in [-0.2, -0.15) is 13.1 Å². The zero-order valence-corrected chi connectivity index (χ0v) is 11.8. The van der Waals surface area contributed by atoms with E-state index in [9.17, 15) is 12.8 Å². The lowest BCUT2D eigenvalue weighted by Crippen LogP contribution is -2.32. The number of nitrogens with two attached hydrogens (primary N) is 1. The first-order valence-electron chi connectivity index (χ1n) is 5.21. The van der Waals surface area contributed by atoms with Gasteiger partial charge in [0.1, 0.15) is 10.8 Å². The summed E-state index contributed by atoms with van der Waals surface area (Å²) in [5.41, 5.74) is 5.47. The number of thiocarbonyl (C=S) groups is 1. The Balaban J connectivity index is 2.82. The second kappa shape index (κ2) is 6.75. The molecule has 1 aromatic rings. The molecule has 0 aromatic heterocycles. The summed E-state index contributed by atoms with van der Waals surface area (Å²) in [4.78, 5) is -0.147. The van der Waals surface area contributed by atoms with Crippen molar-refractivity contribution in [2.75, 3.05) is 25.0 Å². The number of nitrogens with one attached hydrogen (secondary N) is 2. The summed E-state index contributed by atoms with van der Waals surface area (Å²) in [6.45, 7) is 0.359. The predicted octanol–water partition coefficient (Wildman–Crippen LogP) is 0.353. The van der Waals surface area contributed by atoms with E-state index in [0.29, 0.717) is 0 Å². The van der Waals surface area contributed by atoms with Gasteiger partial charge in [-0.05, 0) is 18.2 Å². The van der Waals surface area contributed by atoms with Crippen LogP contribution in [0.1, 0.15) is 5.56 Å². The smallest absolute Gasteiger partial charge is 0.299 e. The second-order valence-corrected chi connectivity index (χ2v) is 5.49. The Morgan fingerprint density at radius 3 is 2.79 bits per heavy atom. The van der Waals surface area contributed by atoms with Gasteiger partial charge < -0.3 is 10.5 Å². The van der Waals surface area contributed by atoms with Crippen LogP contribution in [0.2, 0.25) is 0 Å². The van der Waals surface area contributed by atoms with Crippen LogP contribution in [0, 0.1) is 5.82 Å². The minimum absolute atomic E-state index is 0.0212. The van der Waals surface area contributed by atoms with Gasteiger partial charge in [0, 0.05) is 19.2 Å². The first kappa shape index (κ1) is 15.8. The molecule has 0 amide bonds. The molecule has 0 radical (unpaired) electrons. The fourth-order valence-corrected chi connectivity index (χ4v) is 2.26. The summed E-state index contributed by atoms with van der Waals surface area (Å²) in [5.74, 6) is -0.609. The van der Waals surface area contributed by atoms with Crippen molar-refractivity contribution in [3.05, 3.63) is 29.6 Å². The molecule has 0 saturated heterocycles. The van der Waals surface area contributed by atoms with Gasteiger partial charge in [0.25, 0.3) is 10.2 Å². The van der Waals surface area contributed by atoms with Crippen LogP contribution < -0.4 is 15.2 Å². The highest BCUT2D eigenvalue weighted by Gasteiger charge is 2.11. The molecule has 0 spiro atoms. The molecular formula is C10H14FN3O3S2. The molecule has 0 aliphatic heterocycles. The maximum Gasteiger partial charge on any atom is 0.299 e. The van der Waals surface area contributed by atoms with Gasteiger partial charge >= 0.3 is 0 Å². The average Bonchev–Trinajstić information content (AvgIpc) is 2.31. The molecule has 19 heavy (non-hydrogen) atoms. The zero-order chi connectivity index (χ0) is 14.5. The largest absolute Gasteiger partial charge is 0.389 e. The van der Waals surface area contributed by atoms with Crippen LogP contribution in [-0.4, -0.2) is 33.7 Å². The van der Waals surface area contributed by atoms with Gasteiger partial charge in [-0.15, -0.1) is 0 Å². The van der Waals surface area contributed by atoms with Crippen LogP contribution in [0.4, 0.5) is 10.1 Å². The number of benzene rings is 1. The molecular weight excluding hydrogens is 293 g/mol. The Kier molecular flexibility index (Phi) is 5.60. The van der Waals surface area contributed by atoms with Gasteiger partial charge in [-0.1, -0.05) is 12.2 Å².